The molecule has 1 aliphatic heterocycles. The monoisotopic (exact) mass is 224 g/mol. The standard InChI is InChI=1S/C12H20N2O2/c1-5-6-10(9(2)3)11-7-13(4)8-12(11)14(15)16/h5-6,11-12H,7-8H2,1-4H3/b6-5-/t11?,12-/m0/s1. The summed E-state index contributed by atoms with van der Waals surface area (Å²) in [5.74, 6) is 0.0289. The summed E-state index contributed by atoms with van der Waals surface area (Å²) >= 11 is 0. The molecule has 1 fully saturated rings. The van der Waals surface area contributed by atoms with Crippen LogP contribution >= 0.6 is 0 Å². The predicted molar refractivity (Wildman–Crippen MR) is 65.0 cm³/mol. The van der Waals surface area contributed by atoms with Crippen molar-refractivity contribution in [2.45, 2.75) is 26.8 Å². The zero-order chi connectivity index (χ0) is 12.3. The van der Waals surface area contributed by atoms with Crippen molar-refractivity contribution < 1.29 is 4.92 Å². The third kappa shape index (κ3) is 2.70. The lowest BCUT2D eigenvalue weighted by atomic mass is 9.91. The molecule has 0 spiro atoms. The van der Waals surface area contributed by atoms with E-state index in [1.165, 1.54) is 5.57 Å². The number of nitrogens with zero attached hydrogens (tertiary/aromatic N) is 2. The van der Waals surface area contributed by atoms with Gasteiger partial charge < -0.3 is 0 Å². The molecule has 0 bridgehead atoms. The lowest BCUT2D eigenvalue weighted by molar-refractivity contribution is -0.523. The van der Waals surface area contributed by atoms with Crippen LogP contribution in [0.4, 0.5) is 0 Å². The number of hydrogen-bond acceptors (Lipinski definition) is 3. The number of likely N-dealkylation sites (tertiary alicyclic amines) is 1. The maximum absolute atomic E-state index is 11.0. The van der Waals surface area contributed by atoms with E-state index < -0.39 is 6.04 Å². The molecule has 1 rings (SSSR count). The summed E-state index contributed by atoms with van der Waals surface area (Å²) in [6.45, 7) is 7.31. The Hall–Kier alpha value is -1.16. The van der Waals surface area contributed by atoms with E-state index >= 15 is 0 Å². The Labute approximate surface area is 96.8 Å². The first kappa shape index (κ1) is 12.9. The number of hydrogen-bond donors (Lipinski definition) is 0. The second-order valence-electron chi connectivity index (χ2n) is 4.64. The maximum Gasteiger partial charge on any atom is 0.233 e. The van der Waals surface area contributed by atoms with Gasteiger partial charge in [0.05, 0.1) is 12.5 Å². The van der Waals surface area contributed by atoms with Crippen molar-refractivity contribution in [2.75, 3.05) is 20.1 Å². The first-order chi connectivity index (χ1) is 7.47. The Morgan fingerprint density at radius 3 is 2.50 bits per heavy atom. The smallest absolute Gasteiger partial charge is 0.233 e. The van der Waals surface area contributed by atoms with Gasteiger partial charge in [0.1, 0.15) is 0 Å². The van der Waals surface area contributed by atoms with E-state index in [9.17, 15) is 10.1 Å². The highest BCUT2D eigenvalue weighted by Crippen LogP contribution is 2.28. The molecular formula is C12H20N2O2. The van der Waals surface area contributed by atoms with Crippen LogP contribution in [0, 0.1) is 16.0 Å². The Morgan fingerprint density at radius 1 is 1.44 bits per heavy atom. The molecule has 1 aliphatic rings. The van der Waals surface area contributed by atoms with Gasteiger partial charge in [0.2, 0.25) is 6.04 Å². The van der Waals surface area contributed by atoms with Crippen LogP contribution < -0.4 is 0 Å². The Kier molecular flexibility index (Phi) is 4.24. The van der Waals surface area contributed by atoms with Crippen LogP contribution in [0.5, 0.6) is 0 Å². The number of rotatable bonds is 3. The van der Waals surface area contributed by atoms with Crippen molar-refractivity contribution in [1.29, 1.82) is 0 Å². The Bertz CT molecular complexity index is 330. The van der Waals surface area contributed by atoms with Crippen molar-refractivity contribution in [3.63, 3.8) is 0 Å². The van der Waals surface area contributed by atoms with Crippen LogP contribution in [-0.2, 0) is 0 Å². The third-order valence-corrected chi connectivity index (χ3v) is 3.07. The zero-order valence-electron chi connectivity index (χ0n) is 10.4. The zero-order valence-corrected chi connectivity index (χ0v) is 10.4. The molecule has 4 heteroatoms. The van der Waals surface area contributed by atoms with Gasteiger partial charge in [0.25, 0.3) is 0 Å². The molecule has 90 valence electrons. The minimum absolute atomic E-state index is 0.0289. The normalized spacial score (nSPS) is 26.2. The van der Waals surface area contributed by atoms with Crippen LogP contribution in [0.15, 0.2) is 23.3 Å². The van der Waals surface area contributed by atoms with Gasteiger partial charge in [-0.05, 0) is 33.4 Å². The first-order valence-corrected chi connectivity index (χ1v) is 5.59. The molecule has 1 saturated heterocycles. The molecular weight excluding hydrogens is 204 g/mol. The van der Waals surface area contributed by atoms with E-state index in [0.717, 1.165) is 12.1 Å². The fraction of sp³-hybridized carbons (Fsp3) is 0.667. The number of likely N-dealkylation sites (N-methyl/N-ethyl adjacent to an activating group) is 1. The summed E-state index contributed by atoms with van der Waals surface area (Å²) in [6.07, 6.45) is 3.97. The highest BCUT2D eigenvalue weighted by atomic mass is 16.6. The lowest BCUT2D eigenvalue weighted by Gasteiger charge is -2.15. The van der Waals surface area contributed by atoms with Gasteiger partial charge in [-0.2, -0.15) is 0 Å². The second kappa shape index (κ2) is 5.25. The summed E-state index contributed by atoms with van der Waals surface area (Å²) in [5.41, 5.74) is 2.29. The van der Waals surface area contributed by atoms with Crippen LogP contribution in [0.2, 0.25) is 0 Å². The SMILES string of the molecule is C/C=C\C(=C(C)C)C1CN(C)C[C@@H]1[N+](=O)[O-]. The van der Waals surface area contributed by atoms with Crippen LogP contribution in [0.1, 0.15) is 20.8 Å². The van der Waals surface area contributed by atoms with Crippen molar-refractivity contribution in [3.05, 3.63) is 33.4 Å². The van der Waals surface area contributed by atoms with E-state index in [2.05, 4.69) is 0 Å². The first-order valence-electron chi connectivity index (χ1n) is 5.59. The van der Waals surface area contributed by atoms with Gasteiger partial charge >= 0.3 is 0 Å². The van der Waals surface area contributed by atoms with Crippen molar-refractivity contribution in [2.24, 2.45) is 5.92 Å². The average Bonchev–Trinajstić information content (AvgIpc) is 2.56. The molecule has 0 saturated carbocycles. The molecule has 0 aliphatic carbocycles. The Morgan fingerprint density at radius 2 is 2.06 bits per heavy atom. The molecule has 2 atom stereocenters. The van der Waals surface area contributed by atoms with E-state index in [1.807, 2.05) is 44.9 Å². The molecule has 0 aromatic carbocycles. The van der Waals surface area contributed by atoms with E-state index in [1.54, 1.807) is 0 Å². The summed E-state index contributed by atoms with van der Waals surface area (Å²) in [5, 5.41) is 11.0. The maximum atomic E-state index is 11.0. The minimum Gasteiger partial charge on any atom is -0.299 e. The molecule has 0 N–H and O–H groups in total. The minimum atomic E-state index is -0.467. The van der Waals surface area contributed by atoms with Crippen molar-refractivity contribution in [3.8, 4) is 0 Å². The third-order valence-electron chi connectivity index (χ3n) is 3.07. The van der Waals surface area contributed by atoms with Crippen molar-refractivity contribution >= 4 is 0 Å². The van der Waals surface area contributed by atoms with Gasteiger partial charge in [-0.3, -0.25) is 15.0 Å². The topological polar surface area (TPSA) is 46.4 Å². The van der Waals surface area contributed by atoms with Crippen molar-refractivity contribution in [1.82, 2.24) is 4.90 Å². The molecule has 4 nitrogen and oxygen atoms in total. The van der Waals surface area contributed by atoms with Gasteiger partial charge in [-0.15, -0.1) is 0 Å². The predicted octanol–water partition coefficient (Wildman–Crippen LogP) is 2.11. The molecule has 16 heavy (non-hydrogen) atoms. The lowest BCUT2D eigenvalue weighted by Crippen LogP contribution is -2.29. The number of allylic oxidation sites excluding steroid dienone is 3. The summed E-state index contributed by atoms with van der Waals surface area (Å²) < 4.78 is 0. The highest BCUT2D eigenvalue weighted by Gasteiger charge is 2.41. The Balaban J connectivity index is 3.00. The van der Waals surface area contributed by atoms with E-state index in [4.69, 9.17) is 0 Å². The average molecular weight is 224 g/mol. The largest absolute Gasteiger partial charge is 0.299 e. The van der Waals surface area contributed by atoms with Crippen LogP contribution in [0.3, 0.4) is 0 Å². The second-order valence-corrected chi connectivity index (χ2v) is 4.64. The van der Waals surface area contributed by atoms with Gasteiger partial charge in [0, 0.05) is 11.5 Å². The number of nitro groups is 1. The van der Waals surface area contributed by atoms with Gasteiger partial charge in [-0.25, -0.2) is 0 Å². The van der Waals surface area contributed by atoms with Gasteiger partial charge in [-0.1, -0.05) is 17.7 Å². The fourth-order valence-corrected chi connectivity index (χ4v) is 2.34. The van der Waals surface area contributed by atoms with E-state index in [0.29, 0.717) is 6.54 Å². The highest BCUT2D eigenvalue weighted by molar-refractivity contribution is 5.28. The molecule has 0 radical (unpaired) electrons. The van der Waals surface area contributed by atoms with Crippen LogP contribution in [-0.4, -0.2) is 36.0 Å². The summed E-state index contributed by atoms with van der Waals surface area (Å²) in [7, 11) is 1.94. The quantitative estimate of drug-likeness (QED) is 0.419. The van der Waals surface area contributed by atoms with E-state index in [-0.39, 0.29) is 10.8 Å². The fourth-order valence-electron chi connectivity index (χ4n) is 2.34. The molecule has 1 unspecified atom stereocenters. The molecule has 0 aromatic rings. The molecule has 1 heterocycles. The summed E-state index contributed by atoms with van der Waals surface area (Å²) in [6, 6.07) is -0.467. The molecule has 0 amide bonds. The molecule has 0 aromatic heterocycles. The summed E-state index contributed by atoms with van der Waals surface area (Å²) in [4.78, 5) is 12.9. The van der Waals surface area contributed by atoms with Crippen LogP contribution in [0.25, 0.3) is 0 Å². The van der Waals surface area contributed by atoms with Gasteiger partial charge in [0.15, 0.2) is 0 Å².